The smallest absolute Gasteiger partial charge is 1.00 e. The van der Waals surface area contributed by atoms with E-state index in [2.05, 4.69) is 12.2 Å². The first-order valence-corrected chi connectivity index (χ1v) is 12.9. The average molecular weight is 496 g/mol. The van der Waals surface area contributed by atoms with Gasteiger partial charge in [0, 0.05) is 12.2 Å². The molecule has 0 bridgehead atoms. The molecule has 7 heteroatoms. The number of hydrogen-bond acceptors (Lipinski definition) is 3. The van der Waals surface area contributed by atoms with Gasteiger partial charge in [0.1, 0.15) is 0 Å². The van der Waals surface area contributed by atoms with Crippen molar-refractivity contribution in [3.63, 3.8) is 0 Å². The van der Waals surface area contributed by atoms with Crippen molar-refractivity contribution in [2.24, 2.45) is 0 Å². The molecule has 0 heterocycles. The van der Waals surface area contributed by atoms with Crippen LogP contribution < -0.4 is 64.4 Å². The first-order valence-electron chi connectivity index (χ1n) is 12.9. The van der Waals surface area contributed by atoms with E-state index in [4.69, 9.17) is 10.2 Å². The number of anilines is 1. The van der Waals surface area contributed by atoms with Gasteiger partial charge in [0.2, 0.25) is 0 Å². The molecule has 0 aliphatic rings. The summed E-state index contributed by atoms with van der Waals surface area (Å²) in [6, 6.07) is 4.16. The number of rotatable bonds is 21. The second kappa shape index (κ2) is 24.6. The average Bonchev–Trinajstić information content (AvgIpc) is 2.78. The van der Waals surface area contributed by atoms with Crippen molar-refractivity contribution in [2.75, 3.05) is 11.9 Å². The van der Waals surface area contributed by atoms with Gasteiger partial charge in [0.25, 0.3) is 0 Å². The van der Waals surface area contributed by atoms with Crippen LogP contribution in [0.15, 0.2) is 18.2 Å². The number of nitrogens with one attached hydrogen (secondary N) is 1. The van der Waals surface area contributed by atoms with E-state index in [1.807, 2.05) is 0 Å². The molecule has 186 valence electrons. The van der Waals surface area contributed by atoms with Crippen molar-refractivity contribution in [3.05, 3.63) is 29.3 Å². The quantitative estimate of drug-likeness (QED) is 0.180. The third kappa shape index (κ3) is 19.2. The number of hydrogen-bond donors (Lipinski definition) is 3. The van der Waals surface area contributed by atoms with E-state index in [1.165, 1.54) is 115 Å². The monoisotopic (exact) mass is 495 g/mol. The number of unbranched alkanes of at least 4 members (excludes halogenated alkanes) is 16. The first kappa shape index (κ1) is 36.1. The Morgan fingerprint density at radius 2 is 0.941 bits per heavy atom. The summed E-state index contributed by atoms with van der Waals surface area (Å²) in [4.78, 5) is 22.3. The number of carboxylic acid groups (broad SMARTS) is 2. The fraction of sp³-hybridized carbons (Fsp3) is 0.704. The summed E-state index contributed by atoms with van der Waals surface area (Å²) in [5.74, 6) is -2.23. The molecule has 0 fully saturated rings. The predicted molar refractivity (Wildman–Crippen MR) is 135 cm³/mol. The van der Waals surface area contributed by atoms with Crippen LogP contribution in [0.5, 0.6) is 0 Å². The minimum absolute atomic E-state index is 0. The van der Waals surface area contributed by atoms with Crippen LogP contribution in [-0.4, -0.2) is 28.7 Å². The number of carbonyl (C=O) groups is 2. The summed E-state index contributed by atoms with van der Waals surface area (Å²) < 4.78 is 0. The van der Waals surface area contributed by atoms with Gasteiger partial charge in [-0.2, -0.15) is 0 Å². The van der Waals surface area contributed by atoms with Crippen molar-refractivity contribution in [2.45, 2.75) is 116 Å². The molecule has 0 spiro atoms. The topological polar surface area (TPSA) is 86.6 Å². The summed E-state index contributed by atoms with van der Waals surface area (Å²) in [5.41, 5.74) is 0.545. The van der Waals surface area contributed by atoms with Gasteiger partial charge in [-0.25, -0.2) is 9.59 Å². The van der Waals surface area contributed by atoms with Gasteiger partial charge in [0.05, 0.1) is 11.1 Å². The Hall–Kier alpha value is -0.0400. The van der Waals surface area contributed by atoms with Gasteiger partial charge < -0.3 is 18.4 Å². The minimum Gasteiger partial charge on any atom is -1.00 e. The van der Waals surface area contributed by atoms with Gasteiger partial charge in [-0.3, -0.25) is 0 Å². The van der Waals surface area contributed by atoms with Crippen LogP contribution in [-0.2, 0) is 0 Å². The SMILES string of the molecule is CCCCCCCCCCCCCCCCCCCNc1cc(C(=O)O)cc(C(=O)O)c1.[H-].[H-].[Na+].[Na+]. The third-order valence-corrected chi connectivity index (χ3v) is 6.04. The van der Waals surface area contributed by atoms with Crippen LogP contribution in [0.25, 0.3) is 0 Å². The Morgan fingerprint density at radius 3 is 1.26 bits per heavy atom. The molecular weight excluding hydrogens is 448 g/mol. The Bertz CT molecular complexity index is 634. The Morgan fingerprint density at radius 1 is 0.618 bits per heavy atom. The van der Waals surface area contributed by atoms with Crippen molar-refractivity contribution >= 4 is 17.6 Å². The zero-order valence-electron chi connectivity index (χ0n) is 24.2. The molecule has 0 aliphatic heterocycles. The maximum Gasteiger partial charge on any atom is 1.00 e. The summed E-state index contributed by atoms with van der Waals surface area (Å²) in [6.45, 7) is 2.99. The summed E-state index contributed by atoms with van der Waals surface area (Å²) in [6.07, 6.45) is 22.7. The molecule has 0 unspecified atom stereocenters. The molecule has 0 aromatic heterocycles. The van der Waals surface area contributed by atoms with E-state index < -0.39 is 11.9 Å². The fourth-order valence-electron chi connectivity index (χ4n) is 4.06. The van der Waals surface area contributed by atoms with Gasteiger partial charge in [-0.15, -0.1) is 0 Å². The largest absolute Gasteiger partial charge is 1.00 e. The second-order valence-electron chi connectivity index (χ2n) is 8.99. The molecule has 1 aromatic rings. The fourth-order valence-corrected chi connectivity index (χ4v) is 4.06. The molecule has 5 nitrogen and oxygen atoms in total. The van der Waals surface area contributed by atoms with E-state index in [0.717, 1.165) is 19.4 Å². The maximum atomic E-state index is 11.1. The Kier molecular flexibility index (Phi) is 26.2. The number of carboxylic acids is 2. The molecule has 0 radical (unpaired) electrons. The molecular formula is C27H47NNa2O4. The molecule has 0 saturated heterocycles. The molecule has 34 heavy (non-hydrogen) atoms. The Balaban J connectivity index is -0.00000128. The first-order chi connectivity index (χ1) is 15.5. The van der Waals surface area contributed by atoms with Gasteiger partial charge in [-0.05, 0) is 24.6 Å². The van der Waals surface area contributed by atoms with Crippen LogP contribution >= 0.6 is 0 Å². The molecule has 0 aliphatic carbocycles. The number of aromatic carboxylic acids is 2. The molecule has 1 aromatic carbocycles. The standard InChI is InChI=1S/C27H45NO4.2Na.2H/c1-2-3-4-5-6-7-8-9-10-11-12-13-14-15-16-17-18-19-28-25-21-23(26(29)30)20-24(22-25)27(31)32;;;;/h20-22,28H,2-19H2,1H3,(H,29,30)(H,31,32);;;;/q;2*+1;2*-1. The summed E-state index contributed by atoms with van der Waals surface area (Å²) in [7, 11) is 0. The van der Waals surface area contributed by atoms with Gasteiger partial charge in [0.15, 0.2) is 0 Å². The van der Waals surface area contributed by atoms with E-state index in [0.29, 0.717) is 5.69 Å². The van der Waals surface area contributed by atoms with Crippen LogP contribution in [0.4, 0.5) is 5.69 Å². The van der Waals surface area contributed by atoms with Crippen molar-refractivity contribution < 1.29 is 81.8 Å². The van der Waals surface area contributed by atoms with E-state index in [-0.39, 0.29) is 73.1 Å². The van der Waals surface area contributed by atoms with Crippen molar-refractivity contribution in [1.82, 2.24) is 0 Å². The zero-order valence-corrected chi connectivity index (χ0v) is 26.2. The van der Waals surface area contributed by atoms with Crippen LogP contribution in [0, 0.1) is 0 Å². The molecule has 0 saturated carbocycles. The van der Waals surface area contributed by atoms with Gasteiger partial charge >= 0.3 is 71.1 Å². The van der Waals surface area contributed by atoms with E-state index in [1.54, 1.807) is 0 Å². The molecule has 0 atom stereocenters. The van der Waals surface area contributed by atoms with Crippen molar-refractivity contribution in [3.8, 4) is 0 Å². The number of benzene rings is 1. The minimum atomic E-state index is -1.12. The summed E-state index contributed by atoms with van der Waals surface area (Å²) in [5, 5.41) is 21.4. The molecule has 1 rings (SSSR count). The third-order valence-electron chi connectivity index (χ3n) is 6.04. The predicted octanol–water partition coefficient (Wildman–Crippen LogP) is 2.38. The normalized spacial score (nSPS) is 10.3. The van der Waals surface area contributed by atoms with Crippen LogP contribution in [0.1, 0.15) is 140 Å². The van der Waals surface area contributed by atoms with Crippen molar-refractivity contribution in [1.29, 1.82) is 0 Å². The van der Waals surface area contributed by atoms with E-state index in [9.17, 15) is 9.59 Å². The maximum absolute atomic E-state index is 11.1. The summed E-state index contributed by atoms with van der Waals surface area (Å²) >= 11 is 0. The molecule has 0 amide bonds. The van der Waals surface area contributed by atoms with Crippen LogP contribution in [0.3, 0.4) is 0 Å². The molecule has 3 N–H and O–H groups in total. The van der Waals surface area contributed by atoms with Crippen LogP contribution in [0.2, 0.25) is 0 Å². The van der Waals surface area contributed by atoms with E-state index >= 15 is 0 Å². The zero-order chi connectivity index (χ0) is 23.4. The van der Waals surface area contributed by atoms with Gasteiger partial charge in [-0.1, -0.05) is 110 Å². The Labute approximate surface area is 254 Å². The second-order valence-corrected chi connectivity index (χ2v) is 8.99.